The van der Waals surface area contributed by atoms with E-state index in [-0.39, 0.29) is 0 Å². The van der Waals surface area contributed by atoms with Crippen LogP contribution in [0.1, 0.15) is 11.4 Å². The van der Waals surface area contributed by atoms with E-state index in [9.17, 15) is 0 Å². The Morgan fingerprint density at radius 3 is 2.71 bits per heavy atom. The molecule has 2 N–H and O–H groups in total. The molecule has 2 rings (SSSR count). The van der Waals surface area contributed by atoms with E-state index in [1.165, 1.54) is 0 Å². The first-order chi connectivity index (χ1) is 8.29. The highest BCUT2D eigenvalue weighted by atomic mass is 35.5. The van der Waals surface area contributed by atoms with Crippen molar-refractivity contribution in [3.8, 4) is 5.75 Å². The average Bonchev–Trinajstić information content (AvgIpc) is 2.38. The Hall–Kier alpha value is -1.65. The fraction of sp³-hybridized carbons (Fsp3) is 0.167. The van der Waals surface area contributed by atoms with E-state index in [1.54, 1.807) is 30.6 Å². The monoisotopic (exact) mass is 249 g/mol. The Bertz CT molecular complexity index is 490. The highest BCUT2D eigenvalue weighted by molar-refractivity contribution is 6.30. The largest absolute Gasteiger partial charge is 0.485 e. The smallest absolute Gasteiger partial charge is 0.166 e. The zero-order valence-electron chi connectivity index (χ0n) is 9.14. The van der Waals surface area contributed by atoms with Crippen molar-refractivity contribution in [2.24, 2.45) is 5.73 Å². The summed E-state index contributed by atoms with van der Waals surface area (Å²) in [5.74, 6) is 1.29. The normalized spacial score (nSPS) is 10.2. The summed E-state index contributed by atoms with van der Waals surface area (Å²) in [6, 6.07) is 7.14. The van der Waals surface area contributed by atoms with E-state index in [0.29, 0.717) is 29.7 Å². The first kappa shape index (κ1) is 11.8. The molecule has 5 heteroatoms. The topological polar surface area (TPSA) is 61.0 Å². The third-order valence-corrected chi connectivity index (χ3v) is 2.46. The van der Waals surface area contributed by atoms with E-state index >= 15 is 0 Å². The van der Waals surface area contributed by atoms with Gasteiger partial charge in [0.05, 0.1) is 0 Å². The molecule has 1 heterocycles. The quantitative estimate of drug-likeness (QED) is 0.902. The van der Waals surface area contributed by atoms with Crippen molar-refractivity contribution in [3.63, 3.8) is 0 Å². The number of nitrogens with two attached hydrogens (primary N) is 1. The Balaban J connectivity index is 2.11. The van der Waals surface area contributed by atoms with Crippen molar-refractivity contribution in [3.05, 3.63) is 53.1 Å². The third-order valence-electron chi connectivity index (χ3n) is 2.23. The molecule has 1 aromatic carbocycles. The molecule has 0 bridgehead atoms. The highest BCUT2D eigenvalue weighted by Crippen LogP contribution is 2.23. The fourth-order valence-electron chi connectivity index (χ4n) is 1.38. The van der Waals surface area contributed by atoms with Gasteiger partial charge in [-0.1, -0.05) is 17.7 Å². The number of nitrogens with zero attached hydrogens (tertiary/aromatic N) is 2. The molecule has 0 radical (unpaired) electrons. The first-order valence-corrected chi connectivity index (χ1v) is 5.54. The Morgan fingerprint density at radius 1 is 1.24 bits per heavy atom. The Kier molecular flexibility index (Phi) is 3.90. The second-order valence-electron chi connectivity index (χ2n) is 3.41. The average molecular weight is 250 g/mol. The molecule has 1 aromatic heterocycles. The lowest BCUT2D eigenvalue weighted by molar-refractivity contribution is 0.293. The summed E-state index contributed by atoms with van der Waals surface area (Å²) in [5.41, 5.74) is 6.52. The second-order valence-corrected chi connectivity index (χ2v) is 3.85. The molecule has 4 nitrogen and oxygen atoms in total. The van der Waals surface area contributed by atoms with Crippen LogP contribution < -0.4 is 10.5 Å². The lowest BCUT2D eigenvalue weighted by atomic mass is 10.2. The van der Waals surface area contributed by atoms with Crippen LogP contribution in [0.3, 0.4) is 0 Å². The van der Waals surface area contributed by atoms with Gasteiger partial charge in [0.2, 0.25) is 0 Å². The fourth-order valence-corrected chi connectivity index (χ4v) is 1.54. The number of hydrogen-bond donors (Lipinski definition) is 1. The molecule has 0 aliphatic carbocycles. The maximum absolute atomic E-state index is 5.90. The second kappa shape index (κ2) is 5.61. The predicted molar refractivity (Wildman–Crippen MR) is 65.7 cm³/mol. The lowest BCUT2D eigenvalue weighted by Gasteiger charge is -2.09. The van der Waals surface area contributed by atoms with Gasteiger partial charge in [0.15, 0.2) is 5.82 Å². The minimum absolute atomic E-state index is 0.300. The van der Waals surface area contributed by atoms with Crippen LogP contribution in [0.2, 0.25) is 5.02 Å². The van der Waals surface area contributed by atoms with Crippen LogP contribution in [0.5, 0.6) is 5.75 Å². The van der Waals surface area contributed by atoms with E-state index in [1.807, 2.05) is 6.07 Å². The van der Waals surface area contributed by atoms with Crippen molar-refractivity contribution in [1.82, 2.24) is 9.97 Å². The third kappa shape index (κ3) is 3.15. The maximum atomic E-state index is 5.90. The van der Waals surface area contributed by atoms with Gasteiger partial charge in [0.25, 0.3) is 0 Å². The molecule has 17 heavy (non-hydrogen) atoms. The van der Waals surface area contributed by atoms with Gasteiger partial charge in [-0.3, -0.25) is 0 Å². The number of hydrogen-bond acceptors (Lipinski definition) is 4. The van der Waals surface area contributed by atoms with E-state index in [2.05, 4.69) is 9.97 Å². The number of halogens is 1. The van der Waals surface area contributed by atoms with Crippen molar-refractivity contribution in [2.45, 2.75) is 13.2 Å². The molecule has 0 fully saturated rings. The summed E-state index contributed by atoms with van der Waals surface area (Å²) < 4.78 is 5.61. The molecule has 0 saturated heterocycles. The van der Waals surface area contributed by atoms with Crippen molar-refractivity contribution >= 4 is 11.6 Å². The summed E-state index contributed by atoms with van der Waals surface area (Å²) in [7, 11) is 0. The van der Waals surface area contributed by atoms with Gasteiger partial charge in [-0.15, -0.1) is 0 Å². The van der Waals surface area contributed by atoms with Crippen LogP contribution in [-0.2, 0) is 13.2 Å². The van der Waals surface area contributed by atoms with Crippen LogP contribution >= 0.6 is 11.6 Å². The van der Waals surface area contributed by atoms with Crippen molar-refractivity contribution in [2.75, 3.05) is 0 Å². The van der Waals surface area contributed by atoms with Gasteiger partial charge in [0.1, 0.15) is 12.4 Å². The summed E-state index contributed by atoms with van der Waals surface area (Å²) >= 11 is 5.90. The molecule has 0 aliphatic rings. The minimum atomic E-state index is 0.300. The molecule has 0 unspecified atom stereocenters. The van der Waals surface area contributed by atoms with Gasteiger partial charge in [-0.05, 0) is 18.2 Å². The Morgan fingerprint density at radius 2 is 2.00 bits per heavy atom. The van der Waals surface area contributed by atoms with Crippen molar-refractivity contribution in [1.29, 1.82) is 0 Å². The van der Waals surface area contributed by atoms with Crippen LogP contribution in [0.4, 0.5) is 0 Å². The number of benzene rings is 1. The minimum Gasteiger partial charge on any atom is -0.485 e. The van der Waals surface area contributed by atoms with Gasteiger partial charge in [-0.25, -0.2) is 9.97 Å². The molecule has 88 valence electrons. The number of rotatable bonds is 4. The molecular weight excluding hydrogens is 238 g/mol. The van der Waals surface area contributed by atoms with Crippen LogP contribution in [-0.4, -0.2) is 9.97 Å². The standard InChI is InChI=1S/C12H12ClN3O/c13-10-3-2-9(7-14)11(6-10)17-8-12-15-4-1-5-16-12/h1-6H,7-8,14H2. The molecule has 0 saturated carbocycles. The van der Waals surface area contributed by atoms with Crippen molar-refractivity contribution < 1.29 is 4.74 Å². The Labute approximate surface area is 104 Å². The van der Waals surface area contributed by atoms with Crippen LogP contribution in [0.15, 0.2) is 36.7 Å². The predicted octanol–water partition coefficient (Wildman–Crippen LogP) is 2.17. The first-order valence-electron chi connectivity index (χ1n) is 5.17. The molecule has 0 amide bonds. The molecule has 0 atom stereocenters. The number of aromatic nitrogens is 2. The highest BCUT2D eigenvalue weighted by Gasteiger charge is 2.04. The van der Waals surface area contributed by atoms with Gasteiger partial charge < -0.3 is 10.5 Å². The zero-order valence-corrected chi connectivity index (χ0v) is 9.89. The van der Waals surface area contributed by atoms with Gasteiger partial charge in [0, 0.05) is 29.5 Å². The van der Waals surface area contributed by atoms with Gasteiger partial charge in [-0.2, -0.15) is 0 Å². The molecule has 0 spiro atoms. The van der Waals surface area contributed by atoms with E-state index in [4.69, 9.17) is 22.1 Å². The van der Waals surface area contributed by atoms with E-state index in [0.717, 1.165) is 5.56 Å². The van der Waals surface area contributed by atoms with E-state index < -0.39 is 0 Å². The lowest BCUT2D eigenvalue weighted by Crippen LogP contribution is -2.04. The molecule has 0 aliphatic heterocycles. The summed E-state index contributed by atoms with van der Waals surface area (Å²) in [6.45, 7) is 0.705. The van der Waals surface area contributed by atoms with Crippen LogP contribution in [0, 0.1) is 0 Å². The number of ether oxygens (including phenoxy) is 1. The summed E-state index contributed by atoms with van der Waals surface area (Å²) in [5, 5.41) is 0.617. The molecule has 2 aromatic rings. The van der Waals surface area contributed by atoms with Gasteiger partial charge >= 0.3 is 0 Å². The summed E-state index contributed by atoms with van der Waals surface area (Å²) in [4.78, 5) is 8.14. The maximum Gasteiger partial charge on any atom is 0.166 e. The SMILES string of the molecule is NCc1ccc(Cl)cc1OCc1ncccn1. The molecular formula is C12H12ClN3O. The van der Waals surface area contributed by atoms with Crippen LogP contribution in [0.25, 0.3) is 0 Å². The zero-order chi connectivity index (χ0) is 12.1. The summed E-state index contributed by atoms with van der Waals surface area (Å²) in [6.07, 6.45) is 3.35.